The van der Waals surface area contributed by atoms with Crippen molar-refractivity contribution in [2.24, 2.45) is 0 Å². The summed E-state index contributed by atoms with van der Waals surface area (Å²) in [5.74, 6) is 1.01. The first-order valence-electron chi connectivity index (χ1n) is 4.61. The molecular formula is C10H10N2O3S. The third kappa shape index (κ3) is 1.71. The molecule has 0 atom stereocenters. The van der Waals surface area contributed by atoms with Gasteiger partial charge in [-0.3, -0.25) is 0 Å². The lowest BCUT2D eigenvalue weighted by Crippen LogP contribution is -2.03. The minimum Gasteiger partial charge on any atom is -0.466 e. The summed E-state index contributed by atoms with van der Waals surface area (Å²) in [5, 5.41) is 0. The van der Waals surface area contributed by atoms with Crippen molar-refractivity contribution in [1.82, 2.24) is 8.75 Å². The van der Waals surface area contributed by atoms with Crippen LogP contribution in [-0.2, 0) is 4.74 Å². The fourth-order valence-electron chi connectivity index (χ4n) is 1.46. The van der Waals surface area contributed by atoms with Crippen molar-refractivity contribution in [2.45, 2.75) is 13.8 Å². The number of furan rings is 1. The van der Waals surface area contributed by atoms with Crippen LogP contribution in [0.25, 0.3) is 11.3 Å². The number of aromatic nitrogens is 2. The summed E-state index contributed by atoms with van der Waals surface area (Å²) < 4.78 is 18.1. The Morgan fingerprint density at radius 3 is 2.75 bits per heavy atom. The SMILES string of the molecule is COC(=O)c1nsnc1-c1cc(C)oc1C. The summed E-state index contributed by atoms with van der Waals surface area (Å²) >= 11 is 0.980. The maximum absolute atomic E-state index is 11.4. The Morgan fingerprint density at radius 2 is 2.19 bits per heavy atom. The van der Waals surface area contributed by atoms with E-state index >= 15 is 0 Å². The molecule has 0 radical (unpaired) electrons. The summed E-state index contributed by atoms with van der Waals surface area (Å²) in [6.45, 7) is 3.66. The monoisotopic (exact) mass is 238 g/mol. The second kappa shape index (κ2) is 4.05. The van der Waals surface area contributed by atoms with Crippen molar-refractivity contribution in [3.8, 4) is 11.3 Å². The molecule has 0 unspecified atom stereocenters. The van der Waals surface area contributed by atoms with Gasteiger partial charge in [-0.05, 0) is 19.9 Å². The fraction of sp³-hybridized carbons (Fsp3) is 0.300. The van der Waals surface area contributed by atoms with Crippen LogP contribution in [0.15, 0.2) is 10.5 Å². The Morgan fingerprint density at radius 1 is 1.44 bits per heavy atom. The van der Waals surface area contributed by atoms with E-state index in [1.165, 1.54) is 7.11 Å². The van der Waals surface area contributed by atoms with Crippen LogP contribution in [0, 0.1) is 13.8 Å². The minimum atomic E-state index is -0.484. The maximum Gasteiger partial charge on any atom is 0.360 e. The highest BCUT2D eigenvalue weighted by Gasteiger charge is 2.21. The quantitative estimate of drug-likeness (QED) is 0.750. The van der Waals surface area contributed by atoms with Crippen LogP contribution in [0.5, 0.6) is 0 Å². The maximum atomic E-state index is 11.4. The molecule has 16 heavy (non-hydrogen) atoms. The number of rotatable bonds is 2. The molecule has 2 aromatic heterocycles. The normalized spacial score (nSPS) is 10.4. The predicted molar refractivity (Wildman–Crippen MR) is 58.4 cm³/mol. The van der Waals surface area contributed by atoms with E-state index in [0.717, 1.165) is 28.8 Å². The van der Waals surface area contributed by atoms with Gasteiger partial charge in [-0.1, -0.05) is 0 Å². The number of carbonyl (C=O) groups excluding carboxylic acids is 1. The molecule has 6 heteroatoms. The summed E-state index contributed by atoms with van der Waals surface area (Å²) in [6.07, 6.45) is 0. The van der Waals surface area contributed by atoms with Gasteiger partial charge in [0.2, 0.25) is 0 Å². The second-order valence-corrected chi connectivity index (χ2v) is 3.81. The van der Waals surface area contributed by atoms with E-state index in [-0.39, 0.29) is 5.69 Å². The van der Waals surface area contributed by atoms with Gasteiger partial charge < -0.3 is 9.15 Å². The highest BCUT2D eigenvalue weighted by atomic mass is 32.1. The lowest BCUT2D eigenvalue weighted by atomic mass is 10.1. The van der Waals surface area contributed by atoms with Gasteiger partial charge in [-0.2, -0.15) is 8.75 Å². The van der Waals surface area contributed by atoms with E-state index in [1.54, 1.807) is 0 Å². The molecule has 0 amide bonds. The topological polar surface area (TPSA) is 65.2 Å². The highest BCUT2D eigenvalue weighted by Crippen LogP contribution is 2.28. The fourth-order valence-corrected chi connectivity index (χ4v) is 2.01. The number of hydrogen-bond acceptors (Lipinski definition) is 6. The van der Waals surface area contributed by atoms with Gasteiger partial charge in [0.1, 0.15) is 17.2 Å². The molecule has 0 fully saturated rings. The number of aryl methyl sites for hydroxylation is 2. The molecule has 0 N–H and O–H groups in total. The van der Waals surface area contributed by atoms with E-state index in [0.29, 0.717) is 5.69 Å². The number of ether oxygens (including phenoxy) is 1. The Bertz CT molecular complexity index is 530. The van der Waals surface area contributed by atoms with Crippen molar-refractivity contribution in [2.75, 3.05) is 7.11 Å². The Balaban J connectivity index is 2.52. The highest BCUT2D eigenvalue weighted by molar-refractivity contribution is 6.99. The minimum absolute atomic E-state index is 0.233. The summed E-state index contributed by atoms with van der Waals surface area (Å²) in [6, 6.07) is 1.83. The van der Waals surface area contributed by atoms with E-state index in [1.807, 2.05) is 19.9 Å². The molecule has 0 aromatic carbocycles. The molecule has 0 saturated heterocycles. The van der Waals surface area contributed by atoms with Crippen molar-refractivity contribution < 1.29 is 13.9 Å². The molecule has 0 bridgehead atoms. The first kappa shape index (κ1) is 10.8. The Kier molecular flexibility index (Phi) is 2.74. The van der Waals surface area contributed by atoms with Gasteiger partial charge in [0.15, 0.2) is 5.69 Å². The third-order valence-corrected chi connectivity index (χ3v) is 2.69. The van der Waals surface area contributed by atoms with Gasteiger partial charge >= 0.3 is 5.97 Å². The van der Waals surface area contributed by atoms with Crippen LogP contribution < -0.4 is 0 Å². The molecule has 5 nitrogen and oxygen atoms in total. The first-order chi connectivity index (χ1) is 7.63. The molecule has 0 aliphatic rings. The van der Waals surface area contributed by atoms with Gasteiger partial charge in [0, 0.05) is 5.56 Å². The zero-order chi connectivity index (χ0) is 11.7. The Hall–Kier alpha value is -1.69. The van der Waals surface area contributed by atoms with Gasteiger partial charge in [-0.25, -0.2) is 4.79 Å². The lowest BCUT2D eigenvalue weighted by molar-refractivity contribution is 0.0596. The second-order valence-electron chi connectivity index (χ2n) is 3.28. The summed E-state index contributed by atoms with van der Waals surface area (Å²) in [7, 11) is 1.32. The van der Waals surface area contributed by atoms with Crippen LogP contribution in [0.4, 0.5) is 0 Å². The molecule has 84 valence electrons. The molecule has 0 spiro atoms. The summed E-state index contributed by atoms with van der Waals surface area (Å²) in [5.41, 5.74) is 1.54. The lowest BCUT2D eigenvalue weighted by Gasteiger charge is -1.97. The third-order valence-electron chi connectivity index (χ3n) is 2.16. The number of esters is 1. The van der Waals surface area contributed by atoms with Crippen LogP contribution in [-0.4, -0.2) is 21.8 Å². The number of nitrogens with zero attached hydrogens (tertiary/aromatic N) is 2. The smallest absolute Gasteiger partial charge is 0.360 e. The van der Waals surface area contributed by atoms with Gasteiger partial charge in [0.25, 0.3) is 0 Å². The molecular weight excluding hydrogens is 228 g/mol. The van der Waals surface area contributed by atoms with Crippen molar-refractivity contribution in [1.29, 1.82) is 0 Å². The van der Waals surface area contributed by atoms with E-state index < -0.39 is 5.97 Å². The Labute approximate surface area is 96.4 Å². The largest absolute Gasteiger partial charge is 0.466 e. The molecule has 2 rings (SSSR count). The average Bonchev–Trinajstić information content (AvgIpc) is 2.83. The van der Waals surface area contributed by atoms with Crippen LogP contribution in [0.3, 0.4) is 0 Å². The first-order valence-corrected chi connectivity index (χ1v) is 5.34. The molecule has 2 heterocycles. The van der Waals surface area contributed by atoms with Gasteiger partial charge in [-0.15, -0.1) is 0 Å². The van der Waals surface area contributed by atoms with E-state index in [2.05, 4.69) is 13.5 Å². The van der Waals surface area contributed by atoms with E-state index in [9.17, 15) is 4.79 Å². The van der Waals surface area contributed by atoms with Crippen LogP contribution in [0.1, 0.15) is 22.0 Å². The van der Waals surface area contributed by atoms with Crippen LogP contribution in [0.2, 0.25) is 0 Å². The van der Waals surface area contributed by atoms with Crippen molar-refractivity contribution in [3.05, 3.63) is 23.3 Å². The van der Waals surface area contributed by atoms with Crippen LogP contribution >= 0.6 is 11.7 Å². The van der Waals surface area contributed by atoms with Gasteiger partial charge in [0.05, 0.1) is 18.8 Å². The van der Waals surface area contributed by atoms with Crippen molar-refractivity contribution in [3.63, 3.8) is 0 Å². The number of methoxy groups -OCH3 is 1. The number of hydrogen-bond donors (Lipinski definition) is 0. The van der Waals surface area contributed by atoms with Crippen molar-refractivity contribution >= 4 is 17.7 Å². The molecule has 0 aliphatic heterocycles. The van der Waals surface area contributed by atoms with E-state index in [4.69, 9.17) is 4.42 Å². The predicted octanol–water partition coefficient (Wildman–Crippen LogP) is 2.20. The average molecular weight is 238 g/mol. The molecule has 2 aromatic rings. The molecule has 0 aliphatic carbocycles. The molecule has 0 saturated carbocycles. The zero-order valence-electron chi connectivity index (χ0n) is 9.10. The number of carbonyl (C=O) groups is 1. The standard InChI is InChI=1S/C10H10N2O3S/c1-5-4-7(6(2)15-5)8-9(10(13)14-3)12-16-11-8/h4H,1-3H3. The summed E-state index contributed by atoms with van der Waals surface area (Å²) in [4.78, 5) is 11.4. The zero-order valence-corrected chi connectivity index (χ0v) is 9.92.